The van der Waals surface area contributed by atoms with E-state index < -0.39 is 0 Å². The van der Waals surface area contributed by atoms with Crippen molar-refractivity contribution in [3.63, 3.8) is 0 Å². The molecule has 2 aromatic rings. The van der Waals surface area contributed by atoms with Gasteiger partial charge < -0.3 is 9.88 Å². The molecule has 0 saturated heterocycles. The summed E-state index contributed by atoms with van der Waals surface area (Å²) in [6.07, 6.45) is 4.29. The van der Waals surface area contributed by atoms with Crippen molar-refractivity contribution >= 4 is 15.9 Å². The van der Waals surface area contributed by atoms with Gasteiger partial charge in [0.05, 0.1) is 22.4 Å². The molecule has 98 valence electrons. The summed E-state index contributed by atoms with van der Waals surface area (Å²) in [6.45, 7) is 6.89. The van der Waals surface area contributed by atoms with Crippen molar-refractivity contribution in [1.29, 1.82) is 0 Å². The topological polar surface area (TPSA) is 34.8 Å². The summed E-state index contributed by atoms with van der Waals surface area (Å²) in [5.74, 6) is 0. The standard InChI is InChI=1S/C13H19BrN4/c1-4-15-7-11-5-6-18(8-11)9-12-13(14)10(2)16-17(12)3/h5-6,8,15H,4,7,9H2,1-3H3. The highest BCUT2D eigenvalue weighted by molar-refractivity contribution is 9.10. The first-order chi connectivity index (χ1) is 8.61. The molecule has 1 N–H and O–H groups in total. The SMILES string of the molecule is CCNCc1ccn(Cc2c(Br)c(C)nn2C)c1. The molecule has 0 aromatic carbocycles. The number of halogens is 1. The molecule has 2 aromatic heterocycles. The van der Waals surface area contributed by atoms with Gasteiger partial charge in [-0.15, -0.1) is 0 Å². The van der Waals surface area contributed by atoms with Crippen molar-refractivity contribution < 1.29 is 0 Å². The Hall–Kier alpha value is -1.07. The summed E-state index contributed by atoms with van der Waals surface area (Å²) in [6, 6.07) is 2.15. The van der Waals surface area contributed by atoms with Gasteiger partial charge in [0.2, 0.25) is 0 Å². The Bertz CT molecular complexity index is 527. The molecule has 0 fully saturated rings. The molecule has 2 rings (SSSR count). The second kappa shape index (κ2) is 5.71. The smallest absolute Gasteiger partial charge is 0.0739 e. The molecule has 0 atom stereocenters. The van der Waals surface area contributed by atoms with Crippen LogP contribution >= 0.6 is 15.9 Å². The Balaban J connectivity index is 2.11. The molecular weight excluding hydrogens is 292 g/mol. The summed E-state index contributed by atoms with van der Waals surface area (Å²) in [5, 5.41) is 7.74. The fraction of sp³-hybridized carbons (Fsp3) is 0.462. The molecule has 5 heteroatoms. The molecule has 0 aliphatic rings. The van der Waals surface area contributed by atoms with Crippen molar-refractivity contribution in [3.8, 4) is 0 Å². The van der Waals surface area contributed by atoms with Crippen LogP contribution in [0.25, 0.3) is 0 Å². The average Bonchev–Trinajstić information content (AvgIpc) is 2.88. The first kappa shape index (κ1) is 13.4. The minimum Gasteiger partial charge on any atom is -0.348 e. The van der Waals surface area contributed by atoms with Crippen LogP contribution in [0.5, 0.6) is 0 Å². The first-order valence-corrected chi connectivity index (χ1v) is 6.94. The summed E-state index contributed by atoms with van der Waals surface area (Å²) in [4.78, 5) is 0. The molecule has 0 aliphatic carbocycles. The van der Waals surface area contributed by atoms with Crippen LogP contribution < -0.4 is 5.32 Å². The van der Waals surface area contributed by atoms with E-state index in [4.69, 9.17) is 0 Å². The van der Waals surface area contributed by atoms with E-state index in [0.717, 1.165) is 29.8 Å². The van der Waals surface area contributed by atoms with Crippen LogP contribution in [0.2, 0.25) is 0 Å². The third-order valence-electron chi connectivity index (χ3n) is 2.98. The number of nitrogens with one attached hydrogen (secondary N) is 1. The van der Waals surface area contributed by atoms with E-state index in [-0.39, 0.29) is 0 Å². The van der Waals surface area contributed by atoms with Crippen molar-refractivity contribution in [1.82, 2.24) is 19.7 Å². The summed E-state index contributed by atoms with van der Waals surface area (Å²) in [5.41, 5.74) is 3.54. The van der Waals surface area contributed by atoms with E-state index in [2.05, 4.69) is 56.3 Å². The van der Waals surface area contributed by atoms with Crippen LogP contribution in [-0.2, 0) is 20.1 Å². The third-order valence-corrected chi connectivity index (χ3v) is 4.02. The molecule has 18 heavy (non-hydrogen) atoms. The lowest BCUT2D eigenvalue weighted by Gasteiger charge is -2.04. The van der Waals surface area contributed by atoms with Crippen molar-refractivity contribution in [2.24, 2.45) is 7.05 Å². The van der Waals surface area contributed by atoms with Gasteiger partial charge in [0.15, 0.2) is 0 Å². The molecule has 0 amide bonds. The number of nitrogens with zero attached hydrogens (tertiary/aromatic N) is 3. The Morgan fingerprint density at radius 3 is 2.83 bits per heavy atom. The lowest BCUT2D eigenvalue weighted by atomic mass is 10.3. The first-order valence-electron chi connectivity index (χ1n) is 6.15. The molecule has 2 heterocycles. The minimum atomic E-state index is 0.837. The minimum absolute atomic E-state index is 0.837. The number of hydrogen-bond donors (Lipinski definition) is 1. The zero-order valence-corrected chi connectivity index (χ0v) is 12.7. The molecular formula is C13H19BrN4. The predicted molar refractivity (Wildman–Crippen MR) is 76.6 cm³/mol. The fourth-order valence-electron chi connectivity index (χ4n) is 1.99. The highest BCUT2D eigenvalue weighted by Gasteiger charge is 2.10. The van der Waals surface area contributed by atoms with Crippen LogP contribution in [0.1, 0.15) is 23.9 Å². The average molecular weight is 311 g/mol. The predicted octanol–water partition coefficient (Wildman–Crippen LogP) is 2.45. The molecule has 0 unspecified atom stereocenters. The van der Waals surface area contributed by atoms with Crippen LogP contribution in [0.15, 0.2) is 22.9 Å². The van der Waals surface area contributed by atoms with Gasteiger partial charge in [0.1, 0.15) is 0 Å². The number of rotatable bonds is 5. The molecule has 0 spiro atoms. The van der Waals surface area contributed by atoms with Crippen molar-refractivity contribution in [2.45, 2.75) is 26.9 Å². The number of aryl methyl sites for hydroxylation is 2. The van der Waals surface area contributed by atoms with Gasteiger partial charge in [-0.1, -0.05) is 6.92 Å². The lowest BCUT2D eigenvalue weighted by Crippen LogP contribution is -2.11. The van der Waals surface area contributed by atoms with Crippen LogP contribution in [0, 0.1) is 6.92 Å². The Morgan fingerprint density at radius 2 is 2.22 bits per heavy atom. The van der Waals surface area contributed by atoms with Crippen molar-refractivity contribution in [2.75, 3.05) is 6.54 Å². The Kier molecular flexibility index (Phi) is 4.24. The fourth-order valence-corrected chi connectivity index (χ4v) is 2.45. The maximum atomic E-state index is 4.41. The summed E-state index contributed by atoms with van der Waals surface area (Å²) in [7, 11) is 1.98. The van der Waals surface area contributed by atoms with Gasteiger partial charge in [-0.2, -0.15) is 5.10 Å². The Labute approximate surface area is 116 Å². The molecule has 0 radical (unpaired) electrons. The second-order valence-electron chi connectivity index (χ2n) is 4.44. The van der Waals surface area contributed by atoms with E-state index in [9.17, 15) is 0 Å². The zero-order valence-electron chi connectivity index (χ0n) is 11.1. The van der Waals surface area contributed by atoms with E-state index >= 15 is 0 Å². The van der Waals surface area contributed by atoms with Gasteiger partial charge in [-0.3, -0.25) is 4.68 Å². The highest BCUT2D eigenvalue weighted by atomic mass is 79.9. The van der Waals surface area contributed by atoms with E-state index in [1.807, 2.05) is 18.7 Å². The van der Waals surface area contributed by atoms with Gasteiger partial charge in [-0.05, 0) is 41.0 Å². The normalized spacial score (nSPS) is 11.1. The van der Waals surface area contributed by atoms with E-state index in [1.54, 1.807) is 0 Å². The van der Waals surface area contributed by atoms with Gasteiger partial charge >= 0.3 is 0 Å². The second-order valence-corrected chi connectivity index (χ2v) is 5.24. The van der Waals surface area contributed by atoms with Crippen molar-refractivity contribution in [3.05, 3.63) is 39.9 Å². The number of aromatic nitrogens is 3. The molecule has 4 nitrogen and oxygen atoms in total. The van der Waals surface area contributed by atoms with Gasteiger partial charge in [0.25, 0.3) is 0 Å². The van der Waals surface area contributed by atoms with Crippen LogP contribution in [0.4, 0.5) is 0 Å². The largest absolute Gasteiger partial charge is 0.348 e. The Morgan fingerprint density at radius 1 is 1.44 bits per heavy atom. The van der Waals surface area contributed by atoms with Crippen LogP contribution in [0.3, 0.4) is 0 Å². The molecule has 0 saturated carbocycles. The van der Waals surface area contributed by atoms with Gasteiger partial charge in [0, 0.05) is 26.0 Å². The quantitative estimate of drug-likeness (QED) is 0.920. The van der Waals surface area contributed by atoms with E-state index in [1.165, 1.54) is 11.3 Å². The molecule has 0 aliphatic heterocycles. The third kappa shape index (κ3) is 2.84. The zero-order chi connectivity index (χ0) is 13.1. The monoisotopic (exact) mass is 310 g/mol. The van der Waals surface area contributed by atoms with E-state index in [0.29, 0.717) is 0 Å². The highest BCUT2D eigenvalue weighted by Crippen LogP contribution is 2.21. The molecule has 0 bridgehead atoms. The number of hydrogen-bond acceptors (Lipinski definition) is 2. The maximum absolute atomic E-state index is 4.41. The maximum Gasteiger partial charge on any atom is 0.0739 e. The summed E-state index contributed by atoms with van der Waals surface area (Å²) >= 11 is 3.60. The summed E-state index contributed by atoms with van der Waals surface area (Å²) < 4.78 is 5.23. The lowest BCUT2D eigenvalue weighted by molar-refractivity contribution is 0.661. The van der Waals surface area contributed by atoms with Crippen LogP contribution in [-0.4, -0.2) is 20.9 Å². The van der Waals surface area contributed by atoms with Gasteiger partial charge in [-0.25, -0.2) is 0 Å².